The molecule has 1 aliphatic heterocycles. The summed E-state index contributed by atoms with van der Waals surface area (Å²) in [5.41, 5.74) is 3.48. The van der Waals surface area contributed by atoms with Crippen LogP contribution in [0.4, 0.5) is 0 Å². The highest BCUT2D eigenvalue weighted by atomic mass is 35.5. The average molecular weight is 445 g/mol. The summed E-state index contributed by atoms with van der Waals surface area (Å²) in [7, 11) is 0. The molecule has 5 aromatic rings. The van der Waals surface area contributed by atoms with E-state index < -0.39 is 4.33 Å². The lowest BCUT2D eigenvalue weighted by Gasteiger charge is -2.16. The van der Waals surface area contributed by atoms with Gasteiger partial charge in [-0.05, 0) is 12.1 Å². The standard InChI is InChI=1S/C23H14Cl2N6/c24-23(25)21-28-26-19(15-9-3-1-4-10-15)30(21)17-13-7-8-14-18(17)31-20(27-29-22(23)31)16-11-5-2-6-12-16/h1-14H. The third-order valence-electron chi connectivity index (χ3n) is 5.32. The molecule has 6 rings (SSSR count). The lowest BCUT2D eigenvalue weighted by Crippen LogP contribution is -2.20. The van der Waals surface area contributed by atoms with Crippen LogP contribution in [0, 0.1) is 0 Å². The molecule has 0 spiro atoms. The molecule has 0 unspecified atom stereocenters. The number of hydrogen-bond acceptors (Lipinski definition) is 4. The van der Waals surface area contributed by atoms with Crippen LogP contribution in [0.5, 0.6) is 0 Å². The Hall–Kier alpha value is -3.48. The van der Waals surface area contributed by atoms with Crippen LogP contribution >= 0.6 is 23.2 Å². The zero-order chi connectivity index (χ0) is 21.0. The monoisotopic (exact) mass is 444 g/mol. The molecule has 3 aromatic carbocycles. The van der Waals surface area contributed by atoms with Crippen LogP contribution < -0.4 is 0 Å². The summed E-state index contributed by atoms with van der Waals surface area (Å²) in [6, 6.07) is 27.5. The fourth-order valence-electron chi connectivity index (χ4n) is 3.92. The molecule has 0 saturated carbocycles. The molecule has 150 valence electrons. The molecule has 1 aliphatic rings. The summed E-state index contributed by atoms with van der Waals surface area (Å²) in [6.07, 6.45) is 0. The molecule has 0 fully saturated rings. The number of aromatic nitrogens is 6. The largest absolute Gasteiger partial charge is 0.274 e. The number of fused-ring (bicyclic) bond motifs is 5. The van der Waals surface area contributed by atoms with Gasteiger partial charge in [0, 0.05) is 11.1 Å². The second-order valence-corrected chi connectivity index (χ2v) is 8.49. The number of hydrogen-bond donors (Lipinski definition) is 0. The topological polar surface area (TPSA) is 61.4 Å². The van der Waals surface area contributed by atoms with E-state index >= 15 is 0 Å². The number of para-hydroxylation sites is 2. The van der Waals surface area contributed by atoms with Gasteiger partial charge in [0.15, 0.2) is 23.3 Å². The highest BCUT2D eigenvalue weighted by Crippen LogP contribution is 2.46. The average Bonchev–Trinajstić information content (AvgIpc) is 3.44. The molecule has 8 heteroatoms. The number of rotatable bonds is 2. The van der Waals surface area contributed by atoms with E-state index in [9.17, 15) is 0 Å². The van der Waals surface area contributed by atoms with Gasteiger partial charge in [-0.25, -0.2) is 0 Å². The summed E-state index contributed by atoms with van der Waals surface area (Å²) in [6.45, 7) is 0. The van der Waals surface area contributed by atoms with E-state index in [-0.39, 0.29) is 0 Å². The Morgan fingerprint density at radius 3 is 1.32 bits per heavy atom. The number of halogens is 2. The molecule has 0 N–H and O–H groups in total. The number of nitrogens with zero attached hydrogens (tertiary/aromatic N) is 6. The number of alkyl halides is 2. The minimum atomic E-state index is -1.57. The van der Waals surface area contributed by atoms with E-state index in [1.165, 1.54) is 0 Å². The molecule has 0 amide bonds. The van der Waals surface area contributed by atoms with Crippen molar-refractivity contribution in [2.24, 2.45) is 0 Å². The van der Waals surface area contributed by atoms with E-state index in [1.807, 2.05) is 94.1 Å². The second-order valence-electron chi connectivity index (χ2n) is 7.16. The summed E-state index contributed by atoms with van der Waals surface area (Å²) < 4.78 is 2.22. The Kier molecular flexibility index (Phi) is 4.00. The van der Waals surface area contributed by atoms with Gasteiger partial charge in [0.2, 0.25) is 4.33 Å². The van der Waals surface area contributed by atoms with Gasteiger partial charge in [-0.15, -0.1) is 20.4 Å². The van der Waals surface area contributed by atoms with Crippen molar-refractivity contribution in [2.45, 2.75) is 4.33 Å². The van der Waals surface area contributed by atoms with E-state index in [0.29, 0.717) is 23.3 Å². The molecule has 0 atom stereocenters. The van der Waals surface area contributed by atoms with Gasteiger partial charge in [-0.1, -0.05) is 96.0 Å². The van der Waals surface area contributed by atoms with Crippen LogP contribution in [-0.2, 0) is 4.33 Å². The van der Waals surface area contributed by atoms with Gasteiger partial charge < -0.3 is 0 Å². The molecule has 31 heavy (non-hydrogen) atoms. The van der Waals surface area contributed by atoms with Crippen LogP contribution in [0.2, 0.25) is 0 Å². The first kappa shape index (κ1) is 18.3. The van der Waals surface area contributed by atoms with Crippen molar-refractivity contribution in [3.8, 4) is 34.2 Å². The van der Waals surface area contributed by atoms with Gasteiger partial charge in [0.25, 0.3) is 0 Å². The summed E-state index contributed by atoms with van der Waals surface area (Å²) in [4.78, 5) is 0. The van der Waals surface area contributed by atoms with Gasteiger partial charge in [0.05, 0.1) is 11.4 Å². The molecule has 6 nitrogen and oxygen atoms in total. The Morgan fingerprint density at radius 1 is 0.516 bits per heavy atom. The van der Waals surface area contributed by atoms with Crippen molar-refractivity contribution in [2.75, 3.05) is 0 Å². The Bertz CT molecular complexity index is 1300. The first-order valence-corrected chi connectivity index (χ1v) is 10.4. The van der Waals surface area contributed by atoms with Crippen LogP contribution in [0.25, 0.3) is 34.2 Å². The quantitative estimate of drug-likeness (QED) is 0.352. The van der Waals surface area contributed by atoms with Crippen molar-refractivity contribution < 1.29 is 0 Å². The minimum Gasteiger partial charge on any atom is -0.274 e. The highest BCUT2D eigenvalue weighted by Gasteiger charge is 2.45. The van der Waals surface area contributed by atoms with Crippen LogP contribution in [0.1, 0.15) is 11.6 Å². The lowest BCUT2D eigenvalue weighted by molar-refractivity contribution is 0.781. The van der Waals surface area contributed by atoms with Crippen molar-refractivity contribution in [1.82, 2.24) is 29.5 Å². The molecular formula is C23H14Cl2N6. The third kappa shape index (κ3) is 2.65. The zero-order valence-electron chi connectivity index (χ0n) is 16.0. The van der Waals surface area contributed by atoms with Crippen LogP contribution in [0.15, 0.2) is 84.9 Å². The first-order chi connectivity index (χ1) is 15.2. The van der Waals surface area contributed by atoms with Crippen molar-refractivity contribution in [3.63, 3.8) is 0 Å². The maximum absolute atomic E-state index is 6.95. The maximum atomic E-state index is 6.95. The van der Waals surface area contributed by atoms with E-state index in [0.717, 1.165) is 22.5 Å². The summed E-state index contributed by atoms with van der Waals surface area (Å²) >= 11 is 13.9. The van der Waals surface area contributed by atoms with Gasteiger partial charge >= 0.3 is 0 Å². The number of benzene rings is 3. The fraction of sp³-hybridized carbons (Fsp3) is 0.0435. The molecule has 0 aliphatic carbocycles. The van der Waals surface area contributed by atoms with Crippen LogP contribution in [-0.4, -0.2) is 29.5 Å². The van der Waals surface area contributed by atoms with Gasteiger partial charge in [-0.3, -0.25) is 9.13 Å². The molecular weight excluding hydrogens is 431 g/mol. The van der Waals surface area contributed by atoms with Crippen molar-refractivity contribution in [1.29, 1.82) is 0 Å². The van der Waals surface area contributed by atoms with Crippen LogP contribution in [0.3, 0.4) is 0 Å². The molecule has 3 heterocycles. The Morgan fingerprint density at radius 2 is 0.903 bits per heavy atom. The molecule has 0 saturated heterocycles. The maximum Gasteiger partial charge on any atom is 0.236 e. The molecule has 2 aromatic heterocycles. The fourth-order valence-corrected chi connectivity index (χ4v) is 4.41. The second kappa shape index (κ2) is 6.77. The van der Waals surface area contributed by atoms with E-state index in [4.69, 9.17) is 23.2 Å². The van der Waals surface area contributed by atoms with E-state index in [2.05, 4.69) is 20.4 Å². The first-order valence-electron chi connectivity index (χ1n) is 9.66. The molecule has 0 bridgehead atoms. The Labute approximate surface area is 187 Å². The third-order valence-corrected chi connectivity index (χ3v) is 5.99. The minimum absolute atomic E-state index is 0.368. The van der Waals surface area contributed by atoms with Crippen molar-refractivity contribution >= 4 is 23.2 Å². The predicted octanol–water partition coefficient (Wildman–Crippen LogP) is 5.17. The normalized spacial score (nSPS) is 13.7. The van der Waals surface area contributed by atoms with Gasteiger partial charge in [-0.2, -0.15) is 0 Å². The lowest BCUT2D eigenvalue weighted by atomic mass is 10.2. The summed E-state index contributed by atoms with van der Waals surface area (Å²) in [5, 5.41) is 17.6. The highest BCUT2D eigenvalue weighted by molar-refractivity contribution is 6.49. The van der Waals surface area contributed by atoms with E-state index in [1.54, 1.807) is 0 Å². The zero-order valence-corrected chi connectivity index (χ0v) is 17.5. The Balaban J connectivity index is 1.71. The predicted molar refractivity (Wildman–Crippen MR) is 120 cm³/mol. The summed E-state index contributed by atoms with van der Waals surface area (Å²) in [5.74, 6) is 2.03. The van der Waals surface area contributed by atoms with Crippen molar-refractivity contribution in [3.05, 3.63) is 96.6 Å². The van der Waals surface area contributed by atoms with Gasteiger partial charge in [0.1, 0.15) is 0 Å². The molecule has 0 radical (unpaired) electrons. The smallest absolute Gasteiger partial charge is 0.236 e. The SMILES string of the molecule is ClC1(Cl)c2nnc(-c3ccccc3)n2-c2ccccc2-n2c(-c3ccccc3)nnc21.